The van der Waals surface area contributed by atoms with E-state index in [0.717, 1.165) is 22.3 Å². The molecule has 4 heteroatoms. The van der Waals surface area contributed by atoms with Crippen LogP contribution >= 0.6 is 0 Å². The summed E-state index contributed by atoms with van der Waals surface area (Å²) in [6.07, 6.45) is 0. The van der Waals surface area contributed by atoms with Gasteiger partial charge in [0.25, 0.3) is 0 Å². The first kappa shape index (κ1) is 11.2. The second kappa shape index (κ2) is 3.79. The third-order valence-corrected chi connectivity index (χ3v) is 3.38. The summed E-state index contributed by atoms with van der Waals surface area (Å²) in [5.41, 5.74) is 23.7. The average Bonchev–Trinajstić information content (AvgIpc) is 2.88. The van der Waals surface area contributed by atoms with E-state index in [1.165, 1.54) is 0 Å². The number of fused-ring (bicyclic) bond motifs is 2. The van der Waals surface area contributed by atoms with Crippen LogP contribution in [0.1, 0.15) is 5.56 Å². The van der Waals surface area contributed by atoms with Crippen LogP contribution in [-0.4, -0.2) is 0 Å². The lowest BCUT2D eigenvalue weighted by Gasteiger charge is -2.05. The maximum atomic E-state index is 9.05. The zero-order chi connectivity index (χ0) is 13.6. The van der Waals surface area contributed by atoms with E-state index in [0.29, 0.717) is 22.6 Å². The Balaban J connectivity index is 2.45. The Morgan fingerprint density at radius 2 is 1.47 bits per heavy atom. The van der Waals surface area contributed by atoms with Crippen molar-refractivity contribution in [2.75, 3.05) is 17.2 Å². The van der Waals surface area contributed by atoms with Crippen molar-refractivity contribution in [1.82, 2.24) is 0 Å². The summed E-state index contributed by atoms with van der Waals surface area (Å²) < 4.78 is 0. The van der Waals surface area contributed by atoms with Gasteiger partial charge in [-0.05, 0) is 29.8 Å². The van der Waals surface area contributed by atoms with E-state index in [-0.39, 0.29) is 0 Å². The van der Waals surface area contributed by atoms with Gasteiger partial charge >= 0.3 is 0 Å². The van der Waals surface area contributed by atoms with Crippen LogP contribution in [0.25, 0.3) is 22.3 Å². The van der Waals surface area contributed by atoms with E-state index in [2.05, 4.69) is 6.07 Å². The van der Waals surface area contributed by atoms with Crippen molar-refractivity contribution >= 4 is 17.1 Å². The molecule has 0 heterocycles. The topological polar surface area (TPSA) is 102 Å². The summed E-state index contributed by atoms with van der Waals surface area (Å²) in [6.45, 7) is 0. The van der Waals surface area contributed by atoms with E-state index in [4.69, 9.17) is 22.5 Å². The highest BCUT2D eigenvalue weighted by molar-refractivity contribution is 5.94. The molecule has 3 rings (SSSR count). The zero-order valence-electron chi connectivity index (χ0n) is 10.1. The number of nitrogens with zero attached hydrogens (tertiary/aromatic N) is 1. The first-order valence-corrected chi connectivity index (χ1v) is 5.82. The summed E-state index contributed by atoms with van der Waals surface area (Å²) in [7, 11) is 0. The molecule has 4 nitrogen and oxygen atoms in total. The molecule has 6 N–H and O–H groups in total. The number of hydrogen-bond donors (Lipinski definition) is 3. The van der Waals surface area contributed by atoms with Crippen molar-refractivity contribution in [2.24, 2.45) is 0 Å². The molecule has 0 aromatic rings. The van der Waals surface area contributed by atoms with Crippen LogP contribution in [0.3, 0.4) is 0 Å². The molecule has 92 valence electrons. The minimum atomic E-state index is 0.470. The Bertz CT molecular complexity index is 770. The lowest BCUT2D eigenvalue weighted by Crippen LogP contribution is -1.91. The summed E-state index contributed by atoms with van der Waals surface area (Å²) in [6, 6.07) is 13.1. The Labute approximate surface area is 110 Å². The Morgan fingerprint density at radius 3 is 2.21 bits per heavy atom. The molecule has 19 heavy (non-hydrogen) atoms. The van der Waals surface area contributed by atoms with Crippen LogP contribution in [0.5, 0.6) is 0 Å². The summed E-state index contributed by atoms with van der Waals surface area (Å²) >= 11 is 0. The van der Waals surface area contributed by atoms with Crippen LogP contribution in [0.2, 0.25) is 0 Å². The van der Waals surface area contributed by atoms with Gasteiger partial charge in [-0.1, -0.05) is 12.1 Å². The van der Waals surface area contributed by atoms with Gasteiger partial charge in [0, 0.05) is 28.1 Å². The number of rotatable bonds is 0. The van der Waals surface area contributed by atoms with Gasteiger partial charge < -0.3 is 17.2 Å². The average molecular weight is 248 g/mol. The molecular weight excluding hydrogens is 236 g/mol. The van der Waals surface area contributed by atoms with E-state index in [1.807, 2.05) is 30.3 Å². The van der Waals surface area contributed by atoms with Gasteiger partial charge in [-0.2, -0.15) is 5.26 Å². The minimum absolute atomic E-state index is 0.470. The van der Waals surface area contributed by atoms with Gasteiger partial charge in [-0.25, -0.2) is 0 Å². The van der Waals surface area contributed by atoms with E-state index < -0.39 is 0 Å². The van der Waals surface area contributed by atoms with Crippen LogP contribution < -0.4 is 17.2 Å². The second-order valence-electron chi connectivity index (χ2n) is 4.50. The monoisotopic (exact) mass is 248 g/mol. The largest absolute Gasteiger partial charge is 0.398 e. The van der Waals surface area contributed by atoms with Crippen molar-refractivity contribution in [1.29, 1.82) is 5.26 Å². The molecule has 0 spiro atoms. The predicted molar refractivity (Wildman–Crippen MR) is 77.6 cm³/mol. The van der Waals surface area contributed by atoms with E-state index in [1.54, 1.807) is 6.07 Å². The van der Waals surface area contributed by atoms with Crippen LogP contribution in [0.4, 0.5) is 17.1 Å². The van der Waals surface area contributed by atoms with Crippen LogP contribution in [-0.2, 0) is 0 Å². The molecule has 3 aliphatic rings. The summed E-state index contributed by atoms with van der Waals surface area (Å²) in [4.78, 5) is 0. The number of nitriles is 1. The maximum Gasteiger partial charge on any atom is 0.101 e. The van der Waals surface area contributed by atoms with Crippen molar-refractivity contribution in [3.05, 3.63) is 42.0 Å². The fraction of sp³-hybridized carbons (Fsp3) is 0. The molecule has 0 radical (unpaired) electrons. The molecule has 3 aliphatic carbocycles. The third kappa shape index (κ3) is 1.53. The van der Waals surface area contributed by atoms with Gasteiger partial charge in [0.1, 0.15) is 6.07 Å². The fourth-order valence-electron chi connectivity index (χ4n) is 2.34. The Kier molecular flexibility index (Phi) is 2.23. The first-order valence-electron chi connectivity index (χ1n) is 5.82. The van der Waals surface area contributed by atoms with E-state index in [9.17, 15) is 0 Å². The molecule has 0 aromatic carbocycles. The highest BCUT2D eigenvalue weighted by atomic mass is 14.6. The van der Waals surface area contributed by atoms with Crippen molar-refractivity contribution in [3.63, 3.8) is 0 Å². The van der Waals surface area contributed by atoms with Gasteiger partial charge in [0.2, 0.25) is 0 Å². The molecule has 0 atom stereocenters. The maximum absolute atomic E-state index is 9.05. The SMILES string of the molecule is N#Cc1cc2ccc(N)c3ccc(N)c-3cc-2c1N. The zero-order valence-corrected chi connectivity index (χ0v) is 10.1. The van der Waals surface area contributed by atoms with Crippen molar-refractivity contribution < 1.29 is 0 Å². The summed E-state index contributed by atoms with van der Waals surface area (Å²) in [5, 5.41) is 9.05. The summed E-state index contributed by atoms with van der Waals surface area (Å²) in [5.74, 6) is 0. The number of nitrogen functional groups attached to an aromatic ring is 3. The lowest BCUT2D eigenvalue weighted by molar-refractivity contribution is 1.51. The predicted octanol–water partition coefficient (Wildman–Crippen LogP) is 2.51. The van der Waals surface area contributed by atoms with Crippen LogP contribution in [0.15, 0.2) is 36.4 Å². The number of hydrogen-bond acceptors (Lipinski definition) is 4. The molecule has 0 saturated heterocycles. The van der Waals surface area contributed by atoms with Crippen molar-refractivity contribution in [2.45, 2.75) is 0 Å². The molecule has 0 aliphatic heterocycles. The normalized spacial score (nSPS) is 10.7. The van der Waals surface area contributed by atoms with E-state index >= 15 is 0 Å². The molecule has 0 fully saturated rings. The molecular formula is C15H12N4. The molecule has 0 bridgehead atoms. The highest BCUT2D eigenvalue weighted by Crippen LogP contribution is 2.40. The molecule has 0 unspecified atom stereocenters. The number of nitrogens with two attached hydrogens (primary N) is 3. The van der Waals surface area contributed by atoms with Gasteiger partial charge in [0.15, 0.2) is 0 Å². The standard InChI is InChI=1S/C15H12N4/c16-7-9-5-8-1-3-13(17)10-2-4-14(18)12(10)6-11(8)15(9)19/h1-6H,17-19H2. The molecule has 0 aromatic heterocycles. The molecule has 0 saturated carbocycles. The Hall–Kier alpha value is -2.93. The first-order chi connectivity index (χ1) is 9.11. The third-order valence-electron chi connectivity index (χ3n) is 3.38. The van der Waals surface area contributed by atoms with Gasteiger partial charge in [0.05, 0.1) is 11.3 Å². The van der Waals surface area contributed by atoms with Gasteiger partial charge in [-0.3, -0.25) is 0 Å². The lowest BCUT2D eigenvalue weighted by atomic mass is 10.0. The second-order valence-corrected chi connectivity index (χ2v) is 4.50. The quantitative estimate of drug-likeness (QED) is 0.568. The minimum Gasteiger partial charge on any atom is -0.398 e. The smallest absolute Gasteiger partial charge is 0.101 e. The van der Waals surface area contributed by atoms with Crippen LogP contribution in [0, 0.1) is 11.3 Å². The van der Waals surface area contributed by atoms with Gasteiger partial charge in [-0.15, -0.1) is 0 Å². The van der Waals surface area contributed by atoms with Crippen molar-refractivity contribution in [3.8, 4) is 28.3 Å². The molecule has 0 amide bonds. The number of anilines is 3. The fourth-order valence-corrected chi connectivity index (χ4v) is 2.34. The Morgan fingerprint density at radius 1 is 0.789 bits per heavy atom. The highest BCUT2D eigenvalue weighted by Gasteiger charge is 2.16.